The molecular weight excluding hydrogens is 358 g/mol. The molecule has 0 aromatic carbocycles. The van der Waals surface area contributed by atoms with E-state index in [2.05, 4.69) is 19.7 Å². The van der Waals surface area contributed by atoms with Gasteiger partial charge in [-0.05, 0) is 19.8 Å². The van der Waals surface area contributed by atoms with Crippen molar-refractivity contribution >= 4 is 23.7 Å². The van der Waals surface area contributed by atoms with Crippen LogP contribution in [0, 0.1) is 6.92 Å². The van der Waals surface area contributed by atoms with Crippen LogP contribution in [0.4, 0.5) is 16.6 Å². The van der Waals surface area contributed by atoms with Crippen LogP contribution < -0.4 is 9.80 Å². The third-order valence-electron chi connectivity index (χ3n) is 6.04. The number of anilines is 2. The summed E-state index contributed by atoms with van der Waals surface area (Å²) in [4.78, 5) is 43.5. The Bertz CT molecular complexity index is 757. The number of hydrogen-bond donors (Lipinski definition) is 0. The van der Waals surface area contributed by atoms with Gasteiger partial charge in [0.1, 0.15) is 5.82 Å². The van der Waals surface area contributed by atoms with Gasteiger partial charge in [0.2, 0.25) is 11.9 Å². The van der Waals surface area contributed by atoms with Crippen molar-refractivity contribution in [2.24, 2.45) is 0 Å². The Morgan fingerprint density at radius 1 is 0.929 bits per heavy atom. The molecule has 3 fully saturated rings. The van der Waals surface area contributed by atoms with E-state index < -0.39 is 0 Å². The van der Waals surface area contributed by atoms with Gasteiger partial charge >= 0.3 is 6.03 Å². The molecule has 3 aliphatic rings. The summed E-state index contributed by atoms with van der Waals surface area (Å²) in [6.07, 6.45) is 2.59. The summed E-state index contributed by atoms with van der Waals surface area (Å²) in [6, 6.07) is 1.81. The second kappa shape index (κ2) is 7.54. The third kappa shape index (κ3) is 3.50. The van der Waals surface area contributed by atoms with Gasteiger partial charge in [0.25, 0.3) is 0 Å². The number of nitrogens with zero attached hydrogens (tertiary/aromatic N) is 7. The first-order chi connectivity index (χ1) is 13.4. The molecule has 4 heterocycles. The van der Waals surface area contributed by atoms with E-state index in [1.165, 1.54) is 17.7 Å². The fourth-order valence-electron chi connectivity index (χ4n) is 4.28. The van der Waals surface area contributed by atoms with E-state index in [4.69, 9.17) is 4.98 Å². The molecule has 1 unspecified atom stereocenters. The number of amides is 3. The van der Waals surface area contributed by atoms with Gasteiger partial charge in [0.15, 0.2) is 0 Å². The monoisotopic (exact) mass is 387 g/mol. The molecule has 3 saturated heterocycles. The van der Waals surface area contributed by atoms with Crippen LogP contribution in [0.1, 0.15) is 25.0 Å². The normalized spacial score (nSPS) is 24.5. The molecule has 3 amide bonds. The van der Waals surface area contributed by atoms with E-state index in [-0.39, 0.29) is 18.1 Å². The van der Waals surface area contributed by atoms with Crippen LogP contribution in [0.5, 0.6) is 0 Å². The number of piperazine rings is 1. The number of rotatable bonds is 3. The van der Waals surface area contributed by atoms with Crippen molar-refractivity contribution < 1.29 is 9.59 Å². The van der Waals surface area contributed by atoms with Gasteiger partial charge in [-0.15, -0.1) is 0 Å². The maximum Gasteiger partial charge on any atom is 0.327 e. The number of urea groups is 1. The van der Waals surface area contributed by atoms with Crippen LogP contribution in [0.15, 0.2) is 6.07 Å². The van der Waals surface area contributed by atoms with Crippen LogP contribution in [0.25, 0.3) is 0 Å². The van der Waals surface area contributed by atoms with Gasteiger partial charge in [-0.25, -0.2) is 9.78 Å². The molecule has 1 atom stereocenters. The Morgan fingerprint density at radius 2 is 1.61 bits per heavy atom. The van der Waals surface area contributed by atoms with Crippen molar-refractivity contribution in [1.29, 1.82) is 0 Å². The van der Waals surface area contributed by atoms with Crippen LogP contribution in [0.2, 0.25) is 0 Å². The van der Waals surface area contributed by atoms with Crippen LogP contribution >= 0.6 is 0 Å². The number of imide groups is 1. The van der Waals surface area contributed by atoms with Crippen molar-refractivity contribution in [2.75, 3.05) is 63.2 Å². The molecule has 9 nitrogen and oxygen atoms in total. The summed E-state index contributed by atoms with van der Waals surface area (Å²) in [6.45, 7) is 7.30. The average molecular weight is 387 g/mol. The van der Waals surface area contributed by atoms with E-state index in [1.54, 1.807) is 19.0 Å². The Labute approximate surface area is 165 Å². The summed E-state index contributed by atoms with van der Waals surface area (Å²) in [5, 5.41) is 0. The summed E-state index contributed by atoms with van der Waals surface area (Å²) in [7, 11) is 3.32. The SMILES string of the molecule is Cc1cc(N2CCN(C3CC(=O)N(C)C(=O)N3C)CC2)nc(N2CCCC2)n1. The highest BCUT2D eigenvalue weighted by atomic mass is 16.2. The predicted octanol–water partition coefficient (Wildman–Crippen LogP) is 0.747. The molecule has 28 heavy (non-hydrogen) atoms. The highest BCUT2D eigenvalue weighted by molar-refractivity contribution is 5.96. The quantitative estimate of drug-likeness (QED) is 0.757. The smallest absolute Gasteiger partial charge is 0.327 e. The summed E-state index contributed by atoms with van der Waals surface area (Å²) < 4.78 is 0. The maximum absolute atomic E-state index is 12.2. The molecule has 1 aromatic heterocycles. The van der Waals surface area contributed by atoms with E-state index >= 15 is 0 Å². The Balaban J connectivity index is 1.43. The molecular formula is C19H29N7O2. The lowest BCUT2D eigenvalue weighted by atomic mass is 10.1. The van der Waals surface area contributed by atoms with Gasteiger partial charge in [-0.1, -0.05) is 0 Å². The Morgan fingerprint density at radius 3 is 2.29 bits per heavy atom. The molecule has 3 aliphatic heterocycles. The van der Waals surface area contributed by atoms with Crippen molar-refractivity contribution in [3.8, 4) is 0 Å². The number of carbonyl (C=O) groups excluding carboxylic acids is 2. The summed E-state index contributed by atoms with van der Waals surface area (Å²) >= 11 is 0. The topological polar surface area (TPSA) is 76.1 Å². The summed E-state index contributed by atoms with van der Waals surface area (Å²) in [5.74, 6) is 1.69. The van der Waals surface area contributed by atoms with Crippen molar-refractivity contribution in [3.05, 3.63) is 11.8 Å². The minimum absolute atomic E-state index is 0.114. The zero-order valence-electron chi connectivity index (χ0n) is 17.0. The second-order valence-electron chi connectivity index (χ2n) is 7.92. The molecule has 0 saturated carbocycles. The molecule has 9 heteroatoms. The lowest BCUT2D eigenvalue weighted by Crippen LogP contribution is -2.62. The van der Waals surface area contributed by atoms with E-state index in [0.717, 1.165) is 56.7 Å². The second-order valence-corrected chi connectivity index (χ2v) is 7.92. The van der Waals surface area contributed by atoms with Crippen LogP contribution in [-0.4, -0.2) is 96.1 Å². The largest absolute Gasteiger partial charge is 0.354 e. The molecule has 0 aliphatic carbocycles. The van der Waals surface area contributed by atoms with Gasteiger partial charge < -0.3 is 14.7 Å². The standard InChI is InChI=1S/C19H29N7O2/c1-14-12-15(21-18(20-14)26-6-4-5-7-26)24-8-10-25(11-9-24)16-13-17(27)23(3)19(28)22(16)2/h12,16H,4-11,13H2,1-3H3. The van der Waals surface area contributed by atoms with Crippen molar-refractivity contribution in [3.63, 3.8) is 0 Å². The zero-order chi connectivity index (χ0) is 19.8. The van der Waals surface area contributed by atoms with Gasteiger partial charge in [-0.2, -0.15) is 4.98 Å². The molecule has 0 radical (unpaired) electrons. The number of hydrogen-bond acceptors (Lipinski definition) is 7. The number of aryl methyl sites for hydroxylation is 1. The molecule has 152 valence electrons. The predicted molar refractivity (Wildman–Crippen MR) is 106 cm³/mol. The highest BCUT2D eigenvalue weighted by Gasteiger charge is 2.38. The minimum Gasteiger partial charge on any atom is -0.354 e. The average Bonchev–Trinajstić information content (AvgIpc) is 3.24. The maximum atomic E-state index is 12.2. The molecule has 0 bridgehead atoms. The molecule has 0 N–H and O–H groups in total. The Kier molecular flexibility index (Phi) is 5.09. The van der Waals surface area contributed by atoms with Gasteiger partial charge in [0.05, 0.1) is 12.6 Å². The van der Waals surface area contributed by atoms with Gasteiger partial charge in [0, 0.05) is 65.1 Å². The number of carbonyl (C=O) groups is 2. The van der Waals surface area contributed by atoms with Crippen molar-refractivity contribution in [1.82, 2.24) is 24.7 Å². The van der Waals surface area contributed by atoms with Crippen LogP contribution in [-0.2, 0) is 4.79 Å². The fourth-order valence-corrected chi connectivity index (χ4v) is 4.28. The Hall–Kier alpha value is -2.42. The van der Waals surface area contributed by atoms with E-state index in [1.807, 2.05) is 13.0 Å². The first kappa shape index (κ1) is 18.9. The zero-order valence-corrected chi connectivity index (χ0v) is 17.0. The highest BCUT2D eigenvalue weighted by Crippen LogP contribution is 2.24. The molecule has 4 rings (SSSR count). The van der Waals surface area contributed by atoms with E-state index in [9.17, 15) is 9.59 Å². The first-order valence-corrected chi connectivity index (χ1v) is 10.1. The summed E-state index contributed by atoms with van der Waals surface area (Å²) in [5.41, 5.74) is 0.987. The lowest BCUT2D eigenvalue weighted by Gasteiger charge is -2.45. The number of aromatic nitrogens is 2. The fraction of sp³-hybridized carbons (Fsp3) is 0.684. The van der Waals surface area contributed by atoms with Gasteiger partial charge in [-0.3, -0.25) is 14.6 Å². The van der Waals surface area contributed by atoms with Crippen molar-refractivity contribution in [2.45, 2.75) is 32.4 Å². The van der Waals surface area contributed by atoms with E-state index in [0.29, 0.717) is 6.42 Å². The first-order valence-electron chi connectivity index (χ1n) is 10.1. The third-order valence-corrected chi connectivity index (χ3v) is 6.04. The lowest BCUT2D eigenvalue weighted by molar-refractivity contribution is -0.134. The minimum atomic E-state index is -0.231. The van der Waals surface area contributed by atoms with Crippen LogP contribution in [0.3, 0.4) is 0 Å². The molecule has 0 spiro atoms. The molecule has 1 aromatic rings.